The molecule has 2 rings (SSSR count). The van der Waals surface area contributed by atoms with Crippen LogP contribution in [0.2, 0.25) is 0 Å². The van der Waals surface area contributed by atoms with Crippen molar-refractivity contribution in [2.24, 2.45) is 0 Å². The van der Waals surface area contributed by atoms with E-state index in [0.29, 0.717) is 0 Å². The summed E-state index contributed by atoms with van der Waals surface area (Å²) in [6.07, 6.45) is 1.15. The van der Waals surface area contributed by atoms with Gasteiger partial charge in [0, 0.05) is 25.3 Å². The summed E-state index contributed by atoms with van der Waals surface area (Å²) in [4.78, 5) is 2.22. The van der Waals surface area contributed by atoms with Gasteiger partial charge in [-0.1, -0.05) is 18.2 Å². The zero-order valence-electron chi connectivity index (χ0n) is 9.28. The van der Waals surface area contributed by atoms with Gasteiger partial charge in [0.15, 0.2) is 5.11 Å². The number of hydrogen-bond acceptors (Lipinski definition) is 2. The van der Waals surface area contributed by atoms with E-state index in [4.69, 9.17) is 12.2 Å². The molecule has 1 aliphatic heterocycles. The van der Waals surface area contributed by atoms with E-state index in [2.05, 4.69) is 15.5 Å². The van der Waals surface area contributed by atoms with Gasteiger partial charge in [0.05, 0.1) is 0 Å². The fraction of sp³-hybridized carbons (Fsp3) is 0.417. The molecule has 1 aliphatic rings. The third-order valence-corrected chi connectivity index (χ3v) is 3.01. The van der Waals surface area contributed by atoms with Crippen molar-refractivity contribution in [2.75, 3.05) is 31.5 Å². The molecule has 0 amide bonds. The maximum absolute atomic E-state index is 5.40. The molecule has 1 aromatic carbocycles. The van der Waals surface area contributed by atoms with Crippen LogP contribution in [0, 0.1) is 0 Å². The van der Waals surface area contributed by atoms with E-state index >= 15 is 0 Å². The van der Waals surface area contributed by atoms with Crippen LogP contribution in [0.5, 0.6) is 0 Å². The van der Waals surface area contributed by atoms with Gasteiger partial charge in [-0.3, -0.25) is 0 Å². The van der Waals surface area contributed by atoms with Crippen LogP contribution in [0.4, 0.5) is 5.69 Å². The Labute approximate surface area is 102 Å². The van der Waals surface area contributed by atoms with Gasteiger partial charge in [-0.15, -0.1) is 0 Å². The Morgan fingerprint density at radius 1 is 1.19 bits per heavy atom. The molecule has 0 unspecified atom stereocenters. The SMILES string of the molecule is S=C(Nc1ccccc1)N1CCCNCC1. The molecule has 0 spiro atoms. The van der Waals surface area contributed by atoms with E-state index in [1.807, 2.05) is 30.3 Å². The molecule has 0 radical (unpaired) electrons. The molecule has 1 aromatic rings. The predicted octanol–water partition coefficient (Wildman–Crippen LogP) is 1.68. The van der Waals surface area contributed by atoms with Crippen molar-refractivity contribution in [1.29, 1.82) is 0 Å². The molecule has 4 heteroatoms. The van der Waals surface area contributed by atoms with Gasteiger partial charge in [-0.2, -0.15) is 0 Å². The molecular weight excluding hydrogens is 218 g/mol. The van der Waals surface area contributed by atoms with Gasteiger partial charge in [0.25, 0.3) is 0 Å². The lowest BCUT2D eigenvalue weighted by molar-refractivity contribution is 0.453. The van der Waals surface area contributed by atoms with E-state index < -0.39 is 0 Å². The number of hydrogen-bond donors (Lipinski definition) is 2. The van der Waals surface area contributed by atoms with Crippen LogP contribution in [0.25, 0.3) is 0 Å². The number of thiocarbonyl (C=S) groups is 1. The maximum Gasteiger partial charge on any atom is 0.173 e. The van der Waals surface area contributed by atoms with Crippen molar-refractivity contribution < 1.29 is 0 Å². The lowest BCUT2D eigenvalue weighted by atomic mass is 10.3. The molecule has 2 N–H and O–H groups in total. The zero-order chi connectivity index (χ0) is 11.2. The highest BCUT2D eigenvalue weighted by molar-refractivity contribution is 7.80. The highest BCUT2D eigenvalue weighted by Crippen LogP contribution is 2.07. The Hall–Kier alpha value is -1.13. The normalized spacial score (nSPS) is 16.6. The summed E-state index contributed by atoms with van der Waals surface area (Å²) in [6.45, 7) is 4.12. The zero-order valence-corrected chi connectivity index (χ0v) is 10.1. The summed E-state index contributed by atoms with van der Waals surface area (Å²) in [5, 5.41) is 7.46. The summed E-state index contributed by atoms with van der Waals surface area (Å²) in [6, 6.07) is 10.1. The topological polar surface area (TPSA) is 27.3 Å². The minimum atomic E-state index is 0.829. The van der Waals surface area contributed by atoms with E-state index in [-0.39, 0.29) is 0 Å². The van der Waals surface area contributed by atoms with E-state index in [0.717, 1.165) is 43.4 Å². The Morgan fingerprint density at radius 3 is 2.81 bits per heavy atom. The van der Waals surface area contributed by atoms with Crippen LogP contribution in [0.1, 0.15) is 6.42 Å². The average molecular weight is 235 g/mol. The highest BCUT2D eigenvalue weighted by atomic mass is 32.1. The molecule has 16 heavy (non-hydrogen) atoms. The first-order valence-corrected chi connectivity index (χ1v) is 6.09. The van der Waals surface area contributed by atoms with Crippen molar-refractivity contribution in [1.82, 2.24) is 10.2 Å². The fourth-order valence-corrected chi connectivity index (χ4v) is 2.07. The lowest BCUT2D eigenvalue weighted by Crippen LogP contribution is -2.37. The van der Waals surface area contributed by atoms with Gasteiger partial charge in [0.1, 0.15) is 0 Å². The lowest BCUT2D eigenvalue weighted by Gasteiger charge is -2.23. The highest BCUT2D eigenvalue weighted by Gasteiger charge is 2.11. The summed E-state index contributed by atoms with van der Waals surface area (Å²) in [5.41, 5.74) is 1.06. The summed E-state index contributed by atoms with van der Waals surface area (Å²) in [7, 11) is 0. The first-order valence-electron chi connectivity index (χ1n) is 5.68. The molecule has 0 aliphatic carbocycles. The van der Waals surface area contributed by atoms with Crippen LogP contribution in [0.15, 0.2) is 30.3 Å². The molecule has 1 fully saturated rings. The summed E-state index contributed by atoms with van der Waals surface area (Å²) >= 11 is 5.40. The van der Waals surface area contributed by atoms with Crippen LogP contribution >= 0.6 is 12.2 Å². The number of nitrogens with one attached hydrogen (secondary N) is 2. The Bertz CT molecular complexity index is 331. The van der Waals surface area contributed by atoms with Crippen molar-refractivity contribution >= 4 is 23.0 Å². The Kier molecular flexibility index (Phi) is 4.13. The van der Waals surface area contributed by atoms with Crippen molar-refractivity contribution in [3.8, 4) is 0 Å². The monoisotopic (exact) mass is 235 g/mol. The molecule has 0 saturated carbocycles. The number of benzene rings is 1. The standard InChI is InChI=1S/C12H17N3S/c16-12(14-11-5-2-1-3-6-11)15-9-4-7-13-8-10-15/h1-3,5-6,13H,4,7-10H2,(H,14,16). The van der Waals surface area contributed by atoms with Crippen LogP contribution in [-0.4, -0.2) is 36.2 Å². The molecular formula is C12H17N3S. The van der Waals surface area contributed by atoms with E-state index in [9.17, 15) is 0 Å². The van der Waals surface area contributed by atoms with Crippen molar-refractivity contribution in [3.05, 3.63) is 30.3 Å². The quantitative estimate of drug-likeness (QED) is 0.724. The van der Waals surface area contributed by atoms with Crippen LogP contribution in [-0.2, 0) is 0 Å². The fourth-order valence-electron chi connectivity index (χ4n) is 1.77. The van der Waals surface area contributed by atoms with Crippen molar-refractivity contribution in [2.45, 2.75) is 6.42 Å². The summed E-state index contributed by atoms with van der Waals surface area (Å²) in [5.74, 6) is 0. The second kappa shape index (κ2) is 5.82. The molecule has 0 atom stereocenters. The average Bonchev–Trinajstić information content (AvgIpc) is 2.59. The second-order valence-corrected chi connectivity index (χ2v) is 4.27. The second-order valence-electron chi connectivity index (χ2n) is 3.89. The molecule has 0 bridgehead atoms. The minimum Gasteiger partial charge on any atom is -0.348 e. The molecule has 1 saturated heterocycles. The van der Waals surface area contributed by atoms with Crippen LogP contribution in [0.3, 0.4) is 0 Å². The molecule has 1 heterocycles. The van der Waals surface area contributed by atoms with Gasteiger partial charge in [0.2, 0.25) is 0 Å². The first kappa shape index (κ1) is 11.4. The number of rotatable bonds is 1. The van der Waals surface area contributed by atoms with Gasteiger partial charge in [-0.25, -0.2) is 0 Å². The number of anilines is 1. The van der Waals surface area contributed by atoms with Crippen molar-refractivity contribution in [3.63, 3.8) is 0 Å². The predicted molar refractivity (Wildman–Crippen MR) is 71.7 cm³/mol. The minimum absolute atomic E-state index is 0.829. The Balaban J connectivity index is 1.92. The van der Waals surface area contributed by atoms with E-state index in [1.165, 1.54) is 0 Å². The van der Waals surface area contributed by atoms with Crippen LogP contribution < -0.4 is 10.6 Å². The Morgan fingerprint density at radius 2 is 2.00 bits per heavy atom. The number of nitrogens with zero attached hydrogens (tertiary/aromatic N) is 1. The van der Waals surface area contributed by atoms with Gasteiger partial charge in [-0.05, 0) is 37.3 Å². The molecule has 0 aromatic heterocycles. The first-order chi connectivity index (χ1) is 7.86. The third-order valence-electron chi connectivity index (χ3n) is 2.65. The number of para-hydroxylation sites is 1. The molecule has 3 nitrogen and oxygen atoms in total. The maximum atomic E-state index is 5.40. The molecule has 86 valence electrons. The largest absolute Gasteiger partial charge is 0.348 e. The smallest absolute Gasteiger partial charge is 0.173 e. The third kappa shape index (κ3) is 3.18. The van der Waals surface area contributed by atoms with Gasteiger partial charge >= 0.3 is 0 Å². The van der Waals surface area contributed by atoms with E-state index in [1.54, 1.807) is 0 Å². The summed E-state index contributed by atoms with van der Waals surface area (Å²) < 4.78 is 0. The van der Waals surface area contributed by atoms with Gasteiger partial charge < -0.3 is 15.5 Å².